The third kappa shape index (κ3) is 2.76. The number of carbonyl (C=O) groups excluding carboxylic acids is 1. The highest BCUT2D eigenvalue weighted by atomic mass is 19.3. The van der Waals surface area contributed by atoms with E-state index in [9.17, 15) is 22.4 Å². The third-order valence-corrected chi connectivity index (χ3v) is 3.48. The quantitative estimate of drug-likeness (QED) is 0.622. The highest BCUT2D eigenvalue weighted by Gasteiger charge is 2.44. The van der Waals surface area contributed by atoms with Crippen LogP contribution in [0.3, 0.4) is 0 Å². The summed E-state index contributed by atoms with van der Waals surface area (Å²) in [5.74, 6) is -1.92. The number of alkyl halides is 4. The second-order valence-electron chi connectivity index (χ2n) is 5.34. The van der Waals surface area contributed by atoms with Crippen LogP contribution in [-0.2, 0) is 0 Å². The number of anilines is 2. The van der Waals surface area contributed by atoms with Crippen molar-refractivity contribution in [3.05, 3.63) is 35.9 Å². The van der Waals surface area contributed by atoms with Crippen molar-refractivity contribution in [2.75, 3.05) is 11.1 Å². The number of carbonyl (C=O) groups is 1. The van der Waals surface area contributed by atoms with Gasteiger partial charge in [0.05, 0.1) is 5.56 Å². The summed E-state index contributed by atoms with van der Waals surface area (Å²) in [4.78, 5) is 12.3. The molecule has 0 unspecified atom stereocenters. The molecular formula is C15H8F4N2O5. The van der Waals surface area contributed by atoms with E-state index in [1.54, 1.807) is 0 Å². The summed E-state index contributed by atoms with van der Waals surface area (Å²) < 4.78 is 69.1. The van der Waals surface area contributed by atoms with Gasteiger partial charge in [0.1, 0.15) is 0 Å². The van der Waals surface area contributed by atoms with E-state index in [-0.39, 0.29) is 39.9 Å². The molecule has 0 spiro atoms. The fourth-order valence-corrected chi connectivity index (χ4v) is 2.43. The Bertz CT molecular complexity index is 934. The molecule has 2 aromatic rings. The molecule has 7 nitrogen and oxygen atoms in total. The Morgan fingerprint density at radius 2 is 1.38 bits per heavy atom. The Hall–Kier alpha value is -3.37. The zero-order chi connectivity index (χ0) is 18.7. The van der Waals surface area contributed by atoms with Crippen LogP contribution in [-0.4, -0.2) is 18.5 Å². The monoisotopic (exact) mass is 372 g/mol. The van der Waals surface area contributed by atoms with Gasteiger partial charge in [-0.05, 0) is 18.2 Å². The van der Waals surface area contributed by atoms with Crippen molar-refractivity contribution in [1.29, 1.82) is 0 Å². The second kappa shape index (κ2) is 5.07. The van der Waals surface area contributed by atoms with Crippen LogP contribution in [0.25, 0.3) is 0 Å². The molecule has 0 atom stereocenters. The summed E-state index contributed by atoms with van der Waals surface area (Å²) in [6.45, 7) is 0. The number of ether oxygens (including phenoxy) is 4. The van der Waals surface area contributed by atoms with Crippen LogP contribution in [0.5, 0.6) is 23.0 Å². The number of hydrogen-bond donors (Lipinski definition) is 2. The lowest BCUT2D eigenvalue weighted by molar-refractivity contribution is -0.287. The Balaban J connectivity index is 1.57. The molecule has 2 aromatic carbocycles. The van der Waals surface area contributed by atoms with Crippen molar-refractivity contribution in [1.82, 2.24) is 0 Å². The summed E-state index contributed by atoms with van der Waals surface area (Å²) >= 11 is 0. The maximum atomic E-state index is 13.1. The Morgan fingerprint density at radius 1 is 0.846 bits per heavy atom. The van der Waals surface area contributed by atoms with Gasteiger partial charge in [0.15, 0.2) is 23.0 Å². The number of nitrogens with two attached hydrogens (primary N) is 1. The fourth-order valence-electron chi connectivity index (χ4n) is 2.43. The second-order valence-corrected chi connectivity index (χ2v) is 5.34. The van der Waals surface area contributed by atoms with Gasteiger partial charge < -0.3 is 30.0 Å². The predicted molar refractivity (Wildman–Crippen MR) is 77.7 cm³/mol. The number of amides is 1. The van der Waals surface area contributed by atoms with Gasteiger partial charge in [0.25, 0.3) is 5.91 Å². The molecule has 1 amide bonds. The lowest BCUT2D eigenvalue weighted by Gasteiger charge is -2.09. The van der Waals surface area contributed by atoms with Crippen LogP contribution in [0, 0.1) is 0 Å². The highest BCUT2D eigenvalue weighted by Crippen LogP contribution is 2.44. The number of hydrogen-bond acceptors (Lipinski definition) is 6. The first-order valence-corrected chi connectivity index (χ1v) is 7.02. The van der Waals surface area contributed by atoms with Gasteiger partial charge in [-0.2, -0.15) is 0 Å². The molecule has 0 saturated carbocycles. The van der Waals surface area contributed by atoms with Gasteiger partial charge in [0.2, 0.25) is 0 Å². The number of benzene rings is 2. The first-order chi connectivity index (χ1) is 12.1. The first kappa shape index (κ1) is 16.1. The molecule has 11 heteroatoms. The first-order valence-electron chi connectivity index (χ1n) is 7.02. The molecule has 26 heavy (non-hydrogen) atoms. The number of fused-ring (bicyclic) bond motifs is 2. The van der Waals surface area contributed by atoms with E-state index in [1.165, 1.54) is 12.1 Å². The van der Waals surface area contributed by atoms with Crippen molar-refractivity contribution < 1.29 is 41.3 Å². The maximum absolute atomic E-state index is 13.1. The summed E-state index contributed by atoms with van der Waals surface area (Å²) in [6, 6.07) is 5.59. The average molecular weight is 372 g/mol. The molecule has 0 bridgehead atoms. The lowest BCUT2D eigenvalue weighted by Crippen LogP contribution is -2.26. The summed E-state index contributed by atoms with van der Waals surface area (Å²) in [6.07, 6.45) is -7.65. The molecule has 0 saturated heterocycles. The molecule has 0 aromatic heterocycles. The van der Waals surface area contributed by atoms with Gasteiger partial charge in [-0.3, -0.25) is 4.79 Å². The maximum Gasteiger partial charge on any atom is 0.586 e. The van der Waals surface area contributed by atoms with Crippen LogP contribution in [0.1, 0.15) is 10.4 Å². The van der Waals surface area contributed by atoms with Gasteiger partial charge in [-0.15, -0.1) is 17.6 Å². The normalized spacial score (nSPS) is 17.8. The van der Waals surface area contributed by atoms with Crippen LogP contribution in [0.15, 0.2) is 30.3 Å². The number of nitrogens with one attached hydrogen (secondary N) is 1. The van der Waals surface area contributed by atoms with E-state index in [1.807, 2.05) is 0 Å². The van der Waals surface area contributed by atoms with Gasteiger partial charge in [-0.25, -0.2) is 0 Å². The number of rotatable bonds is 2. The van der Waals surface area contributed by atoms with E-state index in [0.29, 0.717) is 0 Å². The van der Waals surface area contributed by atoms with Crippen molar-refractivity contribution >= 4 is 17.3 Å². The fraction of sp³-hybridized carbons (Fsp3) is 0.133. The van der Waals surface area contributed by atoms with E-state index in [2.05, 4.69) is 24.3 Å². The van der Waals surface area contributed by atoms with Crippen LogP contribution < -0.4 is 30.0 Å². The third-order valence-electron chi connectivity index (χ3n) is 3.48. The standard InChI is InChI=1S/C15H8F4N2O5/c16-14(17)23-9-2-1-6(3-10(9)24-14)21-13(22)7-4-11-12(5-8(7)20)26-15(18,19)25-11/h1-5H,20H2,(H,21,22). The molecule has 2 aliphatic rings. The van der Waals surface area contributed by atoms with Crippen LogP contribution >= 0.6 is 0 Å². The smallest absolute Gasteiger partial charge is 0.398 e. The molecule has 136 valence electrons. The van der Waals surface area contributed by atoms with E-state index < -0.39 is 18.5 Å². The summed E-state index contributed by atoms with van der Waals surface area (Å²) in [5.41, 5.74) is 5.46. The van der Waals surface area contributed by atoms with Crippen molar-refractivity contribution in [2.45, 2.75) is 12.6 Å². The lowest BCUT2D eigenvalue weighted by atomic mass is 10.1. The molecule has 2 heterocycles. The van der Waals surface area contributed by atoms with Crippen LogP contribution in [0.4, 0.5) is 28.9 Å². The Labute approximate surface area is 142 Å². The molecule has 0 aliphatic carbocycles. The van der Waals surface area contributed by atoms with Crippen LogP contribution in [0.2, 0.25) is 0 Å². The molecule has 0 fully saturated rings. The average Bonchev–Trinajstić information content (AvgIpc) is 2.98. The van der Waals surface area contributed by atoms with Crippen molar-refractivity contribution in [2.24, 2.45) is 0 Å². The van der Waals surface area contributed by atoms with Gasteiger partial charge in [0, 0.05) is 23.5 Å². The van der Waals surface area contributed by atoms with E-state index >= 15 is 0 Å². The van der Waals surface area contributed by atoms with Crippen molar-refractivity contribution in [3.63, 3.8) is 0 Å². The van der Waals surface area contributed by atoms with E-state index in [0.717, 1.165) is 18.2 Å². The van der Waals surface area contributed by atoms with Gasteiger partial charge in [-0.1, -0.05) is 0 Å². The minimum Gasteiger partial charge on any atom is -0.398 e. The van der Waals surface area contributed by atoms with Crippen molar-refractivity contribution in [3.8, 4) is 23.0 Å². The summed E-state index contributed by atoms with van der Waals surface area (Å²) in [7, 11) is 0. The minimum atomic E-state index is -3.85. The molecule has 4 rings (SSSR count). The zero-order valence-electron chi connectivity index (χ0n) is 12.5. The highest BCUT2D eigenvalue weighted by molar-refractivity contribution is 6.08. The topological polar surface area (TPSA) is 92.0 Å². The minimum absolute atomic E-state index is 0.0949. The molecular weight excluding hydrogens is 364 g/mol. The SMILES string of the molecule is Nc1cc2c(cc1C(=O)Nc1ccc3c(c1)OC(F)(F)O3)OC(F)(F)O2. The number of halogens is 4. The molecule has 2 aliphatic heterocycles. The largest absolute Gasteiger partial charge is 0.586 e. The van der Waals surface area contributed by atoms with E-state index in [4.69, 9.17) is 5.73 Å². The number of nitrogen functional groups attached to an aromatic ring is 1. The Kier molecular flexibility index (Phi) is 3.14. The molecule has 0 radical (unpaired) electrons. The zero-order valence-corrected chi connectivity index (χ0v) is 12.5. The molecule has 3 N–H and O–H groups in total. The predicted octanol–water partition coefficient (Wildman–Crippen LogP) is 3.16. The Morgan fingerprint density at radius 3 is 2.04 bits per heavy atom. The summed E-state index contributed by atoms with van der Waals surface area (Å²) in [5, 5.41) is 2.38. The van der Waals surface area contributed by atoms with Gasteiger partial charge >= 0.3 is 12.6 Å².